The maximum atomic E-state index is 11.7. The van der Waals surface area contributed by atoms with Crippen molar-refractivity contribution in [3.05, 3.63) is 34.9 Å². The molecule has 2 heterocycles. The van der Waals surface area contributed by atoms with Crippen LogP contribution in [0.3, 0.4) is 0 Å². The van der Waals surface area contributed by atoms with Gasteiger partial charge in [0, 0.05) is 30.6 Å². The average Bonchev–Trinajstić information content (AvgIpc) is 3.21. The highest BCUT2D eigenvalue weighted by molar-refractivity contribution is 6.30. The Hall–Kier alpha value is -2.58. The summed E-state index contributed by atoms with van der Waals surface area (Å²) in [7, 11) is 0. The van der Waals surface area contributed by atoms with Crippen LogP contribution in [0.15, 0.2) is 28.8 Å². The number of hydrogen-bond acceptors (Lipinski definition) is 6. The summed E-state index contributed by atoms with van der Waals surface area (Å²) in [4.78, 5) is 22.6. The quantitative estimate of drug-likeness (QED) is 0.736. The van der Waals surface area contributed by atoms with Gasteiger partial charge >= 0.3 is 5.97 Å². The number of anilines is 1. The van der Waals surface area contributed by atoms with Crippen molar-refractivity contribution in [1.82, 2.24) is 5.16 Å². The van der Waals surface area contributed by atoms with Crippen molar-refractivity contribution in [2.75, 3.05) is 24.5 Å². The number of benzene rings is 1. The lowest BCUT2D eigenvalue weighted by atomic mass is 10.1. The van der Waals surface area contributed by atoms with E-state index in [1.807, 2.05) is 4.90 Å². The molecule has 0 amide bonds. The maximum absolute atomic E-state index is 11.7. The van der Waals surface area contributed by atoms with E-state index in [2.05, 4.69) is 5.16 Å². The molecule has 1 atom stereocenters. The highest BCUT2D eigenvalue weighted by Gasteiger charge is 2.31. The number of aromatic carboxylic acids is 1. The number of halogens is 1. The van der Waals surface area contributed by atoms with E-state index in [1.165, 1.54) is 0 Å². The highest BCUT2D eigenvalue weighted by Crippen LogP contribution is 2.34. The standard InChI is InChI=1S/C15H16ClN3O3.C2H4O2/c16-11-3-1-10(2-4-11)13-12(15(20)21)14(18-22-13)19-6-5-9(7-17)8-19;1-2(3)4/h1-4,9H,5-8,17H2,(H,20,21);1H3,(H,3,4). The van der Waals surface area contributed by atoms with Crippen molar-refractivity contribution in [3.63, 3.8) is 0 Å². The Balaban J connectivity index is 0.000000552. The van der Waals surface area contributed by atoms with Gasteiger partial charge in [-0.3, -0.25) is 4.79 Å². The lowest BCUT2D eigenvalue weighted by molar-refractivity contribution is -0.134. The van der Waals surface area contributed by atoms with Gasteiger partial charge in [-0.05, 0) is 43.1 Å². The lowest BCUT2D eigenvalue weighted by Crippen LogP contribution is -2.24. The summed E-state index contributed by atoms with van der Waals surface area (Å²) in [5, 5.41) is 21.5. The molecular formula is C17H20ClN3O5. The zero-order valence-electron chi connectivity index (χ0n) is 14.2. The minimum atomic E-state index is -1.06. The number of carboxylic acids is 2. The summed E-state index contributed by atoms with van der Waals surface area (Å²) >= 11 is 5.86. The first-order valence-electron chi connectivity index (χ1n) is 7.97. The number of hydrogen-bond donors (Lipinski definition) is 3. The second kappa shape index (κ2) is 8.68. The first kappa shape index (κ1) is 19.7. The molecule has 8 nitrogen and oxygen atoms in total. The first-order valence-corrected chi connectivity index (χ1v) is 8.34. The largest absolute Gasteiger partial charge is 0.481 e. The Kier molecular flexibility index (Phi) is 6.59. The summed E-state index contributed by atoms with van der Waals surface area (Å²) in [5.41, 5.74) is 6.40. The number of aliphatic carboxylic acids is 1. The average molecular weight is 382 g/mol. The monoisotopic (exact) mass is 381 g/mol. The van der Waals surface area contributed by atoms with Gasteiger partial charge in [0.1, 0.15) is 0 Å². The Morgan fingerprint density at radius 2 is 1.96 bits per heavy atom. The number of carbonyl (C=O) groups is 2. The minimum Gasteiger partial charge on any atom is -0.481 e. The van der Waals surface area contributed by atoms with E-state index in [9.17, 15) is 9.90 Å². The van der Waals surface area contributed by atoms with Gasteiger partial charge in [-0.1, -0.05) is 16.8 Å². The molecule has 0 radical (unpaired) electrons. The molecule has 1 fully saturated rings. The van der Waals surface area contributed by atoms with E-state index in [-0.39, 0.29) is 11.3 Å². The van der Waals surface area contributed by atoms with Crippen LogP contribution in [0.2, 0.25) is 5.02 Å². The minimum absolute atomic E-state index is 0.0833. The van der Waals surface area contributed by atoms with Gasteiger partial charge in [0.15, 0.2) is 17.1 Å². The van der Waals surface area contributed by atoms with Crippen LogP contribution in [0.25, 0.3) is 11.3 Å². The molecule has 4 N–H and O–H groups in total. The maximum Gasteiger partial charge on any atom is 0.343 e. The highest BCUT2D eigenvalue weighted by atomic mass is 35.5. The zero-order chi connectivity index (χ0) is 19.3. The molecule has 0 aliphatic carbocycles. The first-order chi connectivity index (χ1) is 12.3. The van der Waals surface area contributed by atoms with E-state index >= 15 is 0 Å². The second-order valence-corrected chi connectivity index (χ2v) is 6.31. The summed E-state index contributed by atoms with van der Waals surface area (Å²) in [6.45, 7) is 3.10. The Labute approximate surface area is 155 Å². The summed E-state index contributed by atoms with van der Waals surface area (Å²) in [6, 6.07) is 6.80. The van der Waals surface area contributed by atoms with Crippen LogP contribution < -0.4 is 10.6 Å². The van der Waals surface area contributed by atoms with Crippen molar-refractivity contribution in [1.29, 1.82) is 0 Å². The second-order valence-electron chi connectivity index (χ2n) is 5.88. The fourth-order valence-electron chi connectivity index (χ4n) is 2.71. The molecular weight excluding hydrogens is 362 g/mol. The zero-order valence-corrected chi connectivity index (χ0v) is 14.9. The molecule has 26 heavy (non-hydrogen) atoms. The van der Waals surface area contributed by atoms with Crippen LogP contribution in [0.1, 0.15) is 23.7 Å². The van der Waals surface area contributed by atoms with Crippen LogP contribution in [0.5, 0.6) is 0 Å². The van der Waals surface area contributed by atoms with E-state index in [0.717, 1.165) is 19.9 Å². The Morgan fingerprint density at radius 1 is 1.35 bits per heavy atom. The van der Waals surface area contributed by atoms with Gasteiger partial charge in [0.25, 0.3) is 5.97 Å². The predicted octanol–water partition coefficient (Wildman–Crippen LogP) is 2.57. The fraction of sp³-hybridized carbons (Fsp3) is 0.353. The molecule has 140 valence electrons. The number of nitrogens with zero attached hydrogens (tertiary/aromatic N) is 2. The van der Waals surface area contributed by atoms with Gasteiger partial charge < -0.3 is 25.4 Å². The molecule has 1 unspecified atom stereocenters. The Morgan fingerprint density at radius 3 is 2.46 bits per heavy atom. The molecule has 0 spiro atoms. The number of rotatable bonds is 4. The summed E-state index contributed by atoms with van der Waals surface area (Å²) in [6.07, 6.45) is 0.929. The number of carboxylic acid groups (broad SMARTS) is 2. The van der Waals surface area contributed by atoms with Crippen molar-refractivity contribution in [2.24, 2.45) is 11.7 Å². The molecule has 3 rings (SSSR count). The van der Waals surface area contributed by atoms with Crippen LogP contribution in [-0.2, 0) is 4.79 Å². The molecule has 0 saturated carbocycles. The van der Waals surface area contributed by atoms with Crippen LogP contribution in [0, 0.1) is 5.92 Å². The van der Waals surface area contributed by atoms with E-state index in [0.29, 0.717) is 35.4 Å². The predicted molar refractivity (Wildman–Crippen MR) is 96.6 cm³/mol. The van der Waals surface area contributed by atoms with Crippen molar-refractivity contribution in [3.8, 4) is 11.3 Å². The van der Waals surface area contributed by atoms with Gasteiger partial charge in [-0.2, -0.15) is 0 Å². The van der Waals surface area contributed by atoms with Crippen LogP contribution in [-0.4, -0.2) is 46.9 Å². The Bertz CT molecular complexity index is 771. The molecule has 9 heteroatoms. The number of nitrogens with two attached hydrogens (primary N) is 1. The number of aromatic nitrogens is 1. The van der Waals surface area contributed by atoms with Crippen molar-refractivity contribution < 1.29 is 24.3 Å². The van der Waals surface area contributed by atoms with Gasteiger partial charge in [-0.25, -0.2) is 4.79 Å². The molecule has 1 aromatic heterocycles. The van der Waals surface area contributed by atoms with Crippen LogP contribution in [0.4, 0.5) is 5.82 Å². The van der Waals surface area contributed by atoms with Crippen molar-refractivity contribution >= 4 is 29.4 Å². The summed E-state index contributed by atoms with van der Waals surface area (Å²) < 4.78 is 5.32. The van der Waals surface area contributed by atoms with E-state index in [4.69, 9.17) is 31.8 Å². The van der Waals surface area contributed by atoms with Crippen molar-refractivity contribution in [2.45, 2.75) is 13.3 Å². The summed E-state index contributed by atoms with van der Waals surface area (Å²) in [5.74, 6) is -0.918. The molecule has 1 aromatic carbocycles. The third-order valence-corrected chi connectivity index (χ3v) is 4.17. The third kappa shape index (κ3) is 4.74. The molecule has 1 aliphatic rings. The molecule has 2 aromatic rings. The topological polar surface area (TPSA) is 130 Å². The third-order valence-electron chi connectivity index (χ3n) is 3.91. The van der Waals surface area contributed by atoms with E-state index < -0.39 is 11.9 Å². The smallest absolute Gasteiger partial charge is 0.343 e. The van der Waals surface area contributed by atoms with E-state index in [1.54, 1.807) is 24.3 Å². The SMILES string of the molecule is CC(=O)O.NCC1CCN(c2noc(-c3ccc(Cl)cc3)c2C(=O)O)C1. The van der Waals surface area contributed by atoms with Gasteiger partial charge in [-0.15, -0.1) is 0 Å². The molecule has 1 aliphatic heterocycles. The van der Waals surface area contributed by atoms with Crippen LogP contribution >= 0.6 is 11.6 Å². The molecule has 0 bridgehead atoms. The lowest BCUT2D eigenvalue weighted by Gasteiger charge is -2.15. The van der Waals surface area contributed by atoms with Gasteiger partial charge in [0.2, 0.25) is 0 Å². The molecule has 1 saturated heterocycles. The normalized spacial score (nSPS) is 16.1. The fourth-order valence-corrected chi connectivity index (χ4v) is 2.83. The van der Waals surface area contributed by atoms with Gasteiger partial charge in [0.05, 0.1) is 0 Å².